The van der Waals surface area contributed by atoms with Crippen molar-refractivity contribution in [2.75, 3.05) is 6.54 Å². The molecular weight excluding hydrogens is 209 g/mol. The summed E-state index contributed by atoms with van der Waals surface area (Å²) in [5, 5.41) is 11.6. The minimum Gasteiger partial charge on any atom is -0.393 e. The number of aliphatic hydroxyl groups excluding tert-OH is 1. The molecular formula is C12H16FNO2. The number of hydrogen-bond donors (Lipinski definition) is 2. The molecule has 1 aromatic carbocycles. The fourth-order valence-corrected chi connectivity index (χ4v) is 1.30. The average Bonchev–Trinajstić information content (AvgIpc) is 2.21. The van der Waals surface area contributed by atoms with E-state index in [0.29, 0.717) is 13.0 Å². The standard InChI is InChI=1S/C12H16FNO2/c1-8-3-4-11(13)10(7-8)12(16)14-6-5-9(2)15/h3-4,7,9,15H,5-6H2,1-2H3,(H,14,16). The number of halogens is 1. The number of hydrogen-bond acceptors (Lipinski definition) is 2. The van der Waals surface area contributed by atoms with Crippen molar-refractivity contribution < 1.29 is 14.3 Å². The smallest absolute Gasteiger partial charge is 0.254 e. The van der Waals surface area contributed by atoms with Gasteiger partial charge in [-0.05, 0) is 32.4 Å². The van der Waals surface area contributed by atoms with Crippen molar-refractivity contribution in [3.8, 4) is 0 Å². The summed E-state index contributed by atoms with van der Waals surface area (Å²) in [6, 6.07) is 4.40. The van der Waals surface area contributed by atoms with Crippen molar-refractivity contribution in [2.24, 2.45) is 0 Å². The number of amides is 1. The van der Waals surface area contributed by atoms with E-state index in [1.54, 1.807) is 19.9 Å². The van der Waals surface area contributed by atoms with Crippen LogP contribution in [0.15, 0.2) is 18.2 Å². The maximum Gasteiger partial charge on any atom is 0.254 e. The van der Waals surface area contributed by atoms with Gasteiger partial charge < -0.3 is 10.4 Å². The van der Waals surface area contributed by atoms with E-state index < -0.39 is 17.8 Å². The van der Waals surface area contributed by atoms with Crippen LogP contribution in [0.2, 0.25) is 0 Å². The highest BCUT2D eigenvalue weighted by Crippen LogP contribution is 2.09. The minimum absolute atomic E-state index is 0.0468. The van der Waals surface area contributed by atoms with Crippen molar-refractivity contribution in [1.29, 1.82) is 0 Å². The van der Waals surface area contributed by atoms with Gasteiger partial charge >= 0.3 is 0 Å². The summed E-state index contributed by atoms with van der Waals surface area (Å²) < 4.78 is 13.3. The minimum atomic E-state index is -0.528. The third-order valence-electron chi connectivity index (χ3n) is 2.21. The van der Waals surface area contributed by atoms with Crippen LogP contribution >= 0.6 is 0 Å². The van der Waals surface area contributed by atoms with Crippen molar-refractivity contribution >= 4 is 5.91 Å². The largest absolute Gasteiger partial charge is 0.393 e. The predicted octanol–water partition coefficient (Wildman–Crippen LogP) is 1.63. The van der Waals surface area contributed by atoms with Crippen LogP contribution in [-0.4, -0.2) is 23.7 Å². The SMILES string of the molecule is Cc1ccc(F)c(C(=O)NCCC(C)O)c1. The van der Waals surface area contributed by atoms with E-state index >= 15 is 0 Å². The molecule has 0 aromatic heterocycles. The predicted molar refractivity (Wildman–Crippen MR) is 59.8 cm³/mol. The molecule has 0 bridgehead atoms. The maximum atomic E-state index is 13.3. The summed E-state index contributed by atoms with van der Waals surface area (Å²) in [4.78, 5) is 11.6. The molecule has 0 aliphatic rings. The van der Waals surface area contributed by atoms with E-state index in [0.717, 1.165) is 5.56 Å². The average molecular weight is 225 g/mol. The highest BCUT2D eigenvalue weighted by Gasteiger charge is 2.11. The van der Waals surface area contributed by atoms with Crippen LogP contribution in [0, 0.1) is 12.7 Å². The summed E-state index contributed by atoms with van der Waals surface area (Å²) in [6.07, 6.45) is -0.0122. The molecule has 0 saturated carbocycles. The third-order valence-corrected chi connectivity index (χ3v) is 2.21. The van der Waals surface area contributed by atoms with E-state index in [1.807, 2.05) is 0 Å². The second kappa shape index (κ2) is 5.61. The number of carbonyl (C=O) groups is 1. The number of carbonyl (C=O) groups excluding carboxylic acids is 1. The maximum absolute atomic E-state index is 13.3. The van der Waals surface area contributed by atoms with Gasteiger partial charge in [0, 0.05) is 6.54 Å². The van der Waals surface area contributed by atoms with Crippen LogP contribution < -0.4 is 5.32 Å². The monoisotopic (exact) mass is 225 g/mol. The lowest BCUT2D eigenvalue weighted by atomic mass is 10.1. The first-order valence-corrected chi connectivity index (χ1v) is 5.23. The van der Waals surface area contributed by atoms with Gasteiger partial charge in [0.05, 0.1) is 11.7 Å². The number of aryl methyl sites for hydroxylation is 1. The highest BCUT2D eigenvalue weighted by molar-refractivity contribution is 5.94. The second-order valence-electron chi connectivity index (χ2n) is 3.88. The zero-order valence-corrected chi connectivity index (χ0v) is 9.46. The lowest BCUT2D eigenvalue weighted by molar-refractivity contribution is 0.0941. The van der Waals surface area contributed by atoms with E-state index in [4.69, 9.17) is 5.11 Å². The molecule has 1 amide bonds. The number of benzene rings is 1. The summed E-state index contributed by atoms with van der Waals surface area (Å²) in [7, 11) is 0. The Kier molecular flexibility index (Phi) is 4.43. The van der Waals surface area contributed by atoms with Gasteiger partial charge in [0.2, 0.25) is 0 Å². The molecule has 3 nitrogen and oxygen atoms in total. The number of rotatable bonds is 4. The Morgan fingerprint density at radius 1 is 1.56 bits per heavy atom. The lowest BCUT2D eigenvalue weighted by Gasteiger charge is -2.08. The van der Waals surface area contributed by atoms with Gasteiger partial charge in [0.1, 0.15) is 5.82 Å². The molecule has 1 unspecified atom stereocenters. The Labute approximate surface area is 94.3 Å². The molecule has 0 heterocycles. The molecule has 0 radical (unpaired) electrons. The van der Waals surface area contributed by atoms with E-state index in [2.05, 4.69) is 5.32 Å². The molecule has 88 valence electrons. The van der Waals surface area contributed by atoms with Gasteiger partial charge in [-0.3, -0.25) is 4.79 Å². The van der Waals surface area contributed by atoms with E-state index in [1.165, 1.54) is 12.1 Å². The number of nitrogens with one attached hydrogen (secondary N) is 1. The fraction of sp³-hybridized carbons (Fsp3) is 0.417. The zero-order valence-electron chi connectivity index (χ0n) is 9.46. The van der Waals surface area contributed by atoms with Crippen molar-refractivity contribution in [3.05, 3.63) is 35.1 Å². The van der Waals surface area contributed by atoms with Crippen LogP contribution in [-0.2, 0) is 0 Å². The van der Waals surface area contributed by atoms with Crippen molar-refractivity contribution in [3.63, 3.8) is 0 Å². The molecule has 1 aromatic rings. The first kappa shape index (κ1) is 12.6. The van der Waals surface area contributed by atoms with Crippen molar-refractivity contribution in [1.82, 2.24) is 5.32 Å². The highest BCUT2D eigenvalue weighted by atomic mass is 19.1. The second-order valence-corrected chi connectivity index (χ2v) is 3.88. The molecule has 0 aliphatic carbocycles. The van der Waals surface area contributed by atoms with Gasteiger partial charge in [0.15, 0.2) is 0 Å². The van der Waals surface area contributed by atoms with Crippen LogP contribution in [0.4, 0.5) is 4.39 Å². The first-order chi connectivity index (χ1) is 7.50. The van der Waals surface area contributed by atoms with Gasteiger partial charge in [0.25, 0.3) is 5.91 Å². The van der Waals surface area contributed by atoms with E-state index in [9.17, 15) is 9.18 Å². The van der Waals surface area contributed by atoms with Gasteiger partial charge in [-0.2, -0.15) is 0 Å². The van der Waals surface area contributed by atoms with Gasteiger partial charge in [-0.25, -0.2) is 4.39 Å². The fourth-order valence-electron chi connectivity index (χ4n) is 1.30. The Morgan fingerprint density at radius 2 is 2.25 bits per heavy atom. The molecule has 4 heteroatoms. The first-order valence-electron chi connectivity index (χ1n) is 5.23. The van der Waals surface area contributed by atoms with Gasteiger partial charge in [-0.1, -0.05) is 11.6 Å². The molecule has 1 rings (SSSR count). The van der Waals surface area contributed by atoms with Crippen LogP contribution in [0.5, 0.6) is 0 Å². The Balaban J connectivity index is 2.62. The molecule has 16 heavy (non-hydrogen) atoms. The quantitative estimate of drug-likeness (QED) is 0.818. The van der Waals surface area contributed by atoms with Gasteiger partial charge in [-0.15, -0.1) is 0 Å². The third kappa shape index (κ3) is 3.62. The van der Waals surface area contributed by atoms with E-state index in [-0.39, 0.29) is 5.56 Å². The summed E-state index contributed by atoms with van der Waals surface area (Å²) in [5.74, 6) is -0.970. The molecule has 0 aliphatic heterocycles. The molecule has 1 atom stereocenters. The zero-order chi connectivity index (χ0) is 12.1. The Morgan fingerprint density at radius 3 is 2.88 bits per heavy atom. The van der Waals surface area contributed by atoms with Crippen molar-refractivity contribution in [2.45, 2.75) is 26.4 Å². The van der Waals surface area contributed by atoms with Crippen LogP contribution in [0.25, 0.3) is 0 Å². The molecule has 0 spiro atoms. The summed E-state index contributed by atoms with van der Waals surface area (Å²) >= 11 is 0. The lowest BCUT2D eigenvalue weighted by Crippen LogP contribution is -2.27. The summed E-state index contributed by atoms with van der Waals surface area (Å²) in [6.45, 7) is 3.77. The topological polar surface area (TPSA) is 49.3 Å². The Hall–Kier alpha value is -1.42. The molecule has 0 fully saturated rings. The summed E-state index contributed by atoms with van der Waals surface area (Å²) in [5.41, 5.74) is 0.882. The van der Waals surface area contributed by atoms with Crippen LogP contribution in [0.3, 0.4) is 0 Å². The van der Waals surface area contributed by atoms with Crippen LogP contribution in [0.1, 0.15) is 29.3 Å². The normalized spacial score (nSPS) is 12.2. The Bertz CT molecular complexity index is 377. The molecule has 2 N–H and O–H groups in total. The molecule has 0 saturated heterocycles. The number of aliphatic hydroxyl groups is 1.